The second kappa shape index (κ2) is 7.99. The van der Waals surface area contributed by atoms with Gasteiger partial charge in [-0.05, 0) is 42.7 Å². The molecule has 2 aromatic rings. The molecule has 6 heteroatoms. The number of halogens is 1. The summed E-state index contributed by atoms with van der Waals surface area (Å²) in [4.78, 5) is 26.6. The van der Waals surface area contributed by atoms with Gasteiger partial charge in [-0.15, -0.1) is 0 Å². The van der Waals surface area contributed by atoms with E-state index >= 15 is 0 Å². The van der Waals surface area contributed by atoms with Gasteiger partial charge in [0.2, 0.25) is 0 Å². The van der Waals surface area contributed by atoms with Crippen LogP contribution < -0.4 is 0 Å². The van der Waals surface area contributed by atoms with Crippen molar-refractivity contribution in [2.24, 2.45) is 5.92 Å². The average molecular weight is 439 g/mol. The minimum atomic E-state index is -0.538. The normalized spacial score (nSPS) is 16.3. The molecule has 0 atom stereocenters. The molecule has 2 amide bonds. The second-order valence-electron chi connectivity index (χ2n) is 6.97. The first-order valence-corrected chi connectivity index (χ1v) is 9.66. The van der Waals surface area contributed by atoms with Gasteiger partial charge >= 0.3 is 0 Å². The number of carbonyl (C=O) groups excluding carboxylic acids is 2. The molecule has 28 heavy (non-hydrogen) atoms. The van der Waals surface area contributed by atoms with Crippen LogP contribution in [-0.4, -0.2) is 23.3 Å². The van der Waals surface area contributed by atoms with Crippen LogP contribution in [0.15, 0.2) is 62.0 Å². The first kappa shape index (κ1) is 19.8. The van der Waals surface area contributed by atoms with E-state index < -0.39 is 11.8 Å². The molecule has 0 spiro atoms. The molecule has 142 valence electrons. The van der Waals surface area contributed by atoms with E-state index in [0.29, 0.717) is 22.7 Å². The quantitative estimate of drug-likeness (QED) is 0.499. The third kappa shape index (κ3) is 3.71. The van der Waals surface area contributed by atoms with Crippen molar-refractivity contribution in [1.82, 2.24) is 4.90 Å². The van der Waals surface area contributed by atoms with Crippen LogP contribution in [0.1, 0.15) is 26.5 Å². The number of amides is 2. The number of imide groups is 1. The van der Waals surface area contributed by atoms with Crippen LogP contribution >= 0.6 is 15.9 Å². The molecule has 3 rings (SSSR count). The fourth-order valence-corrected chi connectivity index (χ4v) is 3.52. The lowest BCUT2D eigenvalue weighted by molar-refractivity contribution is -0.141. The maximum Gasteiger partial charge on any atom is 0.271 e. The summed E-state index contributed by atoms with van der Waals surface area (Å²) < 4.78 is 6.79. The van der Waals surface area contributed by atoms with Crippen LogP contribution in [-0.2, 0) is 9.59 Å². The summed E-state index contributed by atoms with van der Waals surface area (Å²) in [6.45, 7) is 5.70. The monoisotopic (exact) mass is 438 g/mol. The van der Waals surface area contributed by atoms with E-state index in [1.165, 1.54) is 0 Å². The maximum absolute atomic E-state index is 12.9. The van der Waals surface area contributed by atoms with Gasteiger partial charge in [-0.3, -0.25) is 14.5 Å². The Hall–Kier alpha value is -2.91. The zero-order chi connectivity index (χ0) is 20.4. The number of furan rings is 1. The van der Waals surface area contributed by atoms with Gasteiger partial charge in [0.15, 0.2) is 0 Å². The van der Waals surface area contributed by atoms with Gasteiger partial charge in [0.05, 0.1) is 0 Å². The Morgan fingerprint density at radius 3 is 2.54 bits per heavy atom. The highest BCUT2D eigenvalue weighted by Gasteiger charge is 2.35. The van der Waals surface area contributed by atoms with Crippen LogP contribution in [0.5, 0.6) is 0 Å². The highest BCUT2D eigenvalue weighted by molar-refractivity contribution is 9.10. The van der Waals surface area contributed by atoms with Crippen molar-refractivity contribution in [2.75, 3.05) is 6.54 Å². The lowest BCUT2D eigenvalue weighted by Gasteiger charge is -2.28. The maximum atomic E-state index is 12.9. The van der Waals surface area contributed by atoms with Crippen molar-refractivity contribution in [3.63, 3.8) is 0 Å². The smallest absolute Gasteiger partial charge is 0.271 e. The fourth-order valence-electron chi connectivity index (χ4n) is 3.04. The summed E-state index contributed by atoms with van der Waals surface area (Å²) in [6, 6.07) is 13.2. The summed E-state index contributed by atoms with van der Waals surface area (Å²) in [5.74, 6) is 0.279. The van der Waals surface area contributed by atoms with Gasteiger partial charge in [0.25, 0.3) is 11.8 Å². The molecule has 0 saturated heterocycles. The molecule has 0 bridgehead atoms. The largest absolute Gasteiger partial charge is 0.457 e. The number of hydrogen-bond acceptors (Lipinski definition) is 4. The minimum absolute atomic E-state index is 0.0101. The van der Waals surface area contributed by atoms with E-state index in [0.717, 1.165) is 14.9 Å². The van der Waals surface area contributed by atoms with Crippen molar-refractivity contribution in [3.05, 3.63) is 63.4 Å². The van der Waals surface area contributed by atoms with Gasteiger partial charge in [-0.25, -0.2) is 0 Å². The van der Waals surface area contributed by atoms with E-state index in [-0.39, 0.29) is 18.0 Å². The fraction of sp³-hybridized carbons (Fsp3) is 0.227. The van der Waals surface area contributed by atoms with E-state index in [1.54, 1.807) is 19.1 Å². The lowest BCUT2D eigenvalue weighted by atomic mass is 9.94. The molecule has 1 aromatic carbocycles. The standard InChI is InChI=1S/C22H19BrN2O3/c1-13(2)12-25-21(26)17(14(3)18(11-24)22(25)27)10-15-8-9-20(28-15)16-6-4-5-7-19(16)23/h4-10,13H,12H2,1-3H3/b17-10+. The summed E-state index contributed by atoms with van der Waals surface area (Å²) in [7, 11) is 0. The SMILES string of the molecule is CC1=C(C#N)C(=O)N(CC(C)C)C(=O)/C1=C/c1ccc(-c2ccccc2Br)o1. The Labute approximate surface area is 172 Å². The first-order chi connectivity index (χ1) is 13.3. The molecule has 1 aliphatic rings. The Bertz CT molecular complexity index is 1050. The summed E-state index contributed by atoms with van der Waals surface area (Å²) in [6.07, 6.45) is 1.59. The lowest BCUT2D eigenvalue weighted by Crippen LogP contribution is -2.44. The average Bonchev–Trinajstić information content (AvgIpc) is 3.11. The van der Waals surface area contributed by atoms with Crippen molar-refractivity contribution < 1.29 is 14.0 Å². The molecule has 5 nitrogen and oxygen atoms in total. The number of rotatable bonds is 4. The van der Waals surface area contributed by atoms with E-state index in [4.69, 9.17) is 4.42 Å². The second-order valence-corrected chi connectivity index (χ2v) is 7.82. The Morgan fingerprint density at radius 2 is 1.89 bits per heavy atom. The first-order valence-electron chi connectivity index (χ1n) is 8.87. The highest BCUT2D eigenvalue weighted by Crippen LogP contribution is 2.32. The number of carbonyl (C=O) groups is 2. The van der Waals surface area contributed by atoms with Crippen molar-refractivity contribution in [3.8, 4) is 17.4 Å². The zero-order valence-electron chi connectivity index (χ0n) is 15.8. The van der Waals surface area contributed by atoms with Gasteiger partial charge in [0, 0.05) is 22.2 Å². The van der Waals surface area contributed by atoms with Crippen LogP contribution in [0.2, 0.25) is 0 Å². The van der Waals surface area contributed by atoms with Gasteiger partial charge in [0.1, 0.15) is 23.2 Å². The summed E-state index contributed by atoms with van der Waals surface area (Å²) in [5, 5.41) is 9.41. The number of nitriles is 1. The highest BCUT2D eigenvalue weighted by atomic mass is 79.9. The van der Waals surface area contributed by atoms with Gasteiger partial charge < -0.3 is 4.42 Å². The van der Waals surface area contributed by atoms with E-state index in [1.807, 2.05) is 50.2 Å². The molecule has 0 fully saturated rings. The zero-order valence-corrected chi connectivity index (χ0v) is 17.4. The molecular weight excluding hydrogens is 420 g/mol. The van der Waals surface area contributed by atoms with Crippen molar-refractivity contribution >= 4 is 33.8 Å². The molecule has 0 unspecified atom stereocenters. The summed E-state index contributed by atoms with van der Waals surface area (Å²) in [5.41, 5.74) is 1.55. The van der Waals surface area contributed by atoms with E-state index in [2.05, 4.69) is 15.9 Å². The molecule has 1 aliphatic heterocycles. The number of benzene rings is 1. The number of hydrogen-bond donors (Lipinski definition) is 0. The Morgan fingerprint density at radius 1 is 1.18 bits per heavy atom. The Kier molecular flexibility index (Phi) is 5.66. The van der Waals surface area contributed by atoms with Crippen LogP contribution in [0.25, 0.3) is 17.4 Å². The number of nitrogens with zero attached hydrogens (tertiary/aromatic N) is 2. The predicted molar refractivity (Wildman–Crippen MR) is 110 cm³/mol. The predicted octanol–water partition coefficient (Wildman–Crippen LogP) is 4.96. The van der Waals surface area contributed by atoms with Crippen molar-refractivity contribution in [1.29, 1.82) is 5.26 Å². The third-order valence-electron chi connectivity index (χ3n) is 4.43. The van der Waals surface area contributed by atoms with Gasteiger partial charge in [-0.2, -0.15) is 5.26 Å². The molecular formula is C22H19BrN2O3. The molecule has 0 radical (unpaired) electrons. The van der Waals surface area contributed by atoms with Gasteiger partial charge in [-0.1, -0.05) is 48.0 Å². The van der Waals surface area contributed by atoms with E-state index in [9.17, 15) is 14.9 Å². The van der Waals surface area contributed by atoms with Crippen LogP contribution in [0.4, 0.5) is 0 Å². The molecule has 2 heterocycles. The minimum Gasteiger partial charge on any atom is -0.457 e. The molecule has 1 aromatic heterocycles. The molecule has 0 N–H and O–H groups in total. The van der Waals surface area contributed by atoms with Crippen LogP contribution in [0.3, 0.4) is 0 Å². The molecule has 0 aliphatic carbocycles. The van der Waals surface area contributed by atoms with Crippen LogP contribution in [0, 0.1) is 17.2 Å². The Balaban J connectivity index is 2.04. The third-order valence-corrected chi connectivity index (χ3v) is 5.12. The topological polar surface area (TPSA) is 74.3 Å². The molecule has 0 saturated carbocycles. The summed E-state index contributed by atoms with van der Waals surface area (Å²) >= 11 is 3.50. The van der Waals surface area contributed by atoms with Crippen molar-refractivity contribution in [2.45, 2.75) is 20.8 Å².